The molecule has 1 fully saturated rings. The average Bonchev–Trinajstić information content (AvgIpc) is 2.38. The van der Waals surface area contributed by atoms with Gasteiger partial charge in [-0.25, -0.2) is 0 Å². The minimum absolute atomic E-state index is 0.0583. The van der Waals surface area contributed by atoms with Gasteiger partial charge >= 0.3 is 6.18 Å². The van der Waals surface area contributed by atoms with E-state index in [-0.39, 0.29) is 6.10 Å². The summed E-state index contributed by atoms with van der Waals surface area (Å²) in [5, 5.41) is 11.9. The Bertz CT molecular complexity index is 488. The zero-order chi connectivity index (χ0) is 13.9. The minimum Gasteiger partial charge on any atom is -0.489 e. The first kappa shape index (κ1) is 13.7. The van der Waals surface area contributed by atoms with E-state index in [1.807, 2.05) is 0 Å². The van der Waals surface area contributed by atoms with Crippen LogP contribution in [0.3, 0.4) is 0 Å². The van der Waals surface area contributed by atoms with Gasteiger partial charge in [-0.3, -0.25) is 0 Å². The van der Waals surface area contributed by atoms with Crippen LogP contribution >= 0.6 is 0 Å². The fourth-order valence-corrected chi connectivity index (χ4v) is 2.05. The lowest BCUT2D eigenvalue weighted by Gasteiger charge is -2.24. The number of nitrogens with one attached hydrogen (secondary N) is 1. The number of nitriles is 1. The largest absolute Gasteiger partial charge is 0.489 e. The molecule has 0 saturated carbocycles. The van der Waals surface area contributed by atoms with E-state index >= 15 is 0 Å². The van der Waals surface area contributed by atoms with Gasteiger partial charge in [-0.15, -0.1) is 0 Å². The Labute approximate surface area is 109 Å². The Hall–Kier alpha value is -1.74. The van der Waals surface area contributed by atoms with Crippen LogP contribution in [0.1, 0.15) is 24.0 Å². The highest BCUT2D eigenvalue weighted by atomic mass is 19.4. The number of alkyl halides is 3. The molecule has 6 heteroatoms. The number of hydrogen-bond acceptors (Lipinski definition) is 3. The third-order valence-electron chi connectivity index (χ3n) is 2.97. The maximum atomic E-state index is 12.6. The van der Waals surface area contributed by atoms with Gasteiger partial charge in [0.05, 0.1) is 17.2 Å². The summed E-state index contributed by atoms with van der Waals surface area (Å²) in [6.07, 6.45) is -2.75. The van der Waals surface area contributed by atoms with E-state index in [0.717, 1.165) is 31.5 Å². The number of piperidine rings is 1. The molecule has 0 amide bonds. The Balaban J connectivity index is 2.17. The normalized spacial score (nSPS) is 19.8. The van der Waals surface area contributed by atoms with Gasteiger partial charge in [0.25, 0.3) is 0 Å². The lowest BCUT2D eigenvalue weighted by atomic mass is 10.1. The van der Waals surface area contributed by atoms with Crippen molar-refractivity contribution in [3.63, 3.8) is 0 Å². The molecular weight excluding hydrogens is 257 g/mol. The van der Waals surface area contributed by atoms with Crippen LogP contribution in [-0.2, 0) is 6.18 Å². The predicted molar refractivity (Wildman–Crippen MR) is 62.7 cm³/mol. The first-order chi connectivity index (χ1) is 9.00. The lowest BCUT2D eigenvalue weighted by Crippen LogP contribution is -2.37. The SMILES string of the molecule is N#Cc1cc(O[C@H]2CCCNC2)ccc1C(F)(F)F. The second-order valence-corrected chi connectivity index (χ2v) is 4.40. The maximum absolute atomic E-state index is 12.6. The molecule has 102 valence electrons. The van der Waals surface area contributed by atoms with Gasteiger partial charge in [0.2, 0.25) is 0 Å². The number of benzene rings is 1. The summed E-state index contributed by atoms with van der Waals surface area (Å²) in [4.78, 5) is 0. The Morgan fingerprint density at radius 2 is 2.16 bits per heavy atom. The molecule has 0 unspecified atom stereocenters. The molecule has 1 aliphatic heterocycles. The standard InChI is InChI=1S/C13H13F3N2O/c14-13(15,16)12-4-3-10(6-9(12)7-17)19-11-2-1-5-18-8-11/h3-4,6,11,18H,1-2,5,8H2/t11-/m0/s1. The van der Waals surface area contributed by atoms with Crippen LogP contribution < -0.4 is 10.1 Å². The summed E-state index contributed by atoms with van der Waals surface area (Å²) in [6, 6.07) is 4.87. The van der Waals surface area contributed by atoms with E-state index in [4.69, 9.17) is 10.00 Å². The van der Waals surface area contributed by atoms with Crippen LogP contribution in [0.25, 0.3) is 0 Å². The predicted octanol–water partition coefficient (Wildman–Crippen LogP) is 2.71. The van der Waals surface area contributed by atoms with Crippen LogP contribution in [0.15, 0.2) is 18.2 Å². The second-order valence-electron chi connectivity index (χ2n) is 4.40. The van der Waals surface area contributed by atoms with Gasteiger partial charge in [0.15, 0.2) is 0 Å². The monoisotopic (exact) mass is 270 g/mol. The van der Waals surface area contributed by atoms with Gasteiger partial charge < -0.3 is 10.1 Å². The first-order valence-electron chi connectivity index (χ1n) is 5.99. The molecule has 3 nitrogen and oxygen atoms in total. The summed E-state index contributed by atoms with van der Waals surface area (Å²) in [7, 11) is 0. The van der Waals surface area contributed by atoms with Gasteiger partial charge in [-0.2, -0.15) is 18.4 Å². The molecule has 0 radical (unpaired) electrons. The molecule has 1 heterocycles. The Morgan fingerprint density at radius 1 is 1.37 bits per heavy atom. The zero-order valence-electron chi connectivity index (χ0n) is 10.1. The minimum atomic E-state index is -4.52. The molecule has 1 aliphatic rings. The quantitative estimate of drug-likeness (QED) is 0.898. The van der Waals surface area contributed by atoms with E-state index in [2.05, 4.69) is 5.32 Å². The van der Waals surface area contributed by atoms with E-state index in [0.29, 0.717) is 12.3 Å². The van der Waals surface area contributed by atoms with E-state index in [1.165, 1.54) is 6.07 Å². The van der Waals surface area contributed by atoms with Crippen LogP contribution in [-0.4, -0.2) is 19.2 Å². The molecule has 1 saturated heterocycles. The van der Waals surface area contributed by atoms with Crippen molar-refractivity contribution >= 4 is 0 Å². The third-order valence-corrected chi connectivity index (χ3v) is 2.97. The highest BCUT2D eigenvalue weighted by Gasteiger charge is 2.33. The lowest BCUT2D eigenvalue weighted by molar-refractivity contribution is -0.137. The average molecular weight is 270 g/mol. The number of ether oxygens (including phenoxy) is 1. The summed E-state index contributed by atoms with van der Waals surface area (Å²) in [6.45, 7) is 1.60. The fraction of sp³-hybridized carbons (Fsp3) is 0.462. The molecule has 1 N–H and O–H groups in total. The number of rotatable bonds is 2. The van der Waals surface area contributed by atoms with Crippen LogP contribution in [0.5, 0.6) is 5.75 Å². The highest BCUT2D eigenvalue weighted by Crippen LogP contribution is 2.33. The number of hydrogen-bond donors (Lipinski definition) is 1. The van der Waals surface area contributed by atoms with Crippen molar-refractivity contribution in [1.29, 1.82) is 5.26 Å². The summed E-state index contributed by atoms with van der Waals surface area (Å²) in [5.41, 5.74) is -1.34. The van der Waals surface area contributed by atoms with Gasteiger partial charge in [0, 0.05) is 6.54 Å². The molecule has 1 aromatic carbocycles. The molecule has 1 atom stereocenters. The summed E-state index contributed by atoms with van der Waals surface area (Å²) < 4.78 is 43.5. The topological polar surface area (TPSA) is 45.0 Å². The van der Waals surface area contributed by atoms with Gasteiger partial charge in [0.1, 0.15) is 11.9 Å². The van der Waals surface area contributed by atoms with Crippen LogP contribution in [0, 0.1) is 11.3 Å². The van der Waals surface area contributed by atoms with Gasteiger partial charge in [-0.05, 0) is 37.6 Å². The maximum Gasteiger partial charge on any atom is 0.417 e. The number of halogens is 3. The molecule has 19 heavy (non-hydrogen) atoms. The Morgan fingerprint density at radius 3 is 2.74 bits per heavy atom. The molecule has 0 spiro atoms. The van der Waals surface area contributed by atoms with Crippen molar-refractivity contribution in [3.05, 3.63) is 29.3 Å². The third kappa shape index (κ3) is 3.38. The van der Waals surface area contributed by atoms with Crippen molar-refractivity contribution in [2.75, 3.05) is 13.1 Å². The molecular formula is C13H13F3N2O. The molecule has 0 aliphatic carbocycles. The molecule has 0 bridgehead atoms. The van der Waals surface area contributed by atoms with Crippen molar-refractivity contribution in [2.45, 2.75) is 25.1 Å². The zero-order valence-corrected chi connectivity index (χ0v) is 10.1. The smallest absolute Gasteiger partial charge is 0.417 e. The first-order valence-corrected chi connectivity index (χ1v) is 5.99. The molecule has 1 aromatic rings. The van der Waals surface area contributed by atoms with Crippen molar-refractivity contribution in [1.82, 2.24) is 5.32 Å². The number of nitrogens with zero attached hydrogens (tertiary/aromatic N) is 1. The van der Waals surface area contributed by atoms with E-state index in [9.17, 15) is 13.2 Å². The van der Waals surface area contributed by atoms with E-state index < -0.39 is 17.3 Å². The highest BCUT2D eigenvalue weighted by molar-refractivity contribution is 5.44. The summed E-state index contributed by atoms with van der Waals surface area (Å²) in [5.74, 6) is 0.304. The fourth-order valence-electron chi connectivity index (χ4n) is 2.05. The molecule has 0 aromatic heterocycles. The van der Waals surface area contributed by atoms with Crippen molar-refractivity contribution in [3.8, 4) is 11.8 Å². The summed E-state index contributed by atoms with van der Waals surface area (Å²) >= 11 is 0. The van der Waals surface area contributed by atoms with Gasteiger partial charge in [-0.1, -0.05) is 0 Å². The molecule has 2 rings (SSSR count). The van der Waals surface area contributed by atoms with Crippen LogP contribution in [0.2, 0.25) is 0 Å². The van der Waals surface area contributed by atoms with Crippen molar-refractivity contribution < 1.29 is 17.9 Å². The van der Waals surface area contributed by atoms with Crippen LogP contribution in [0.4, 0.5) is 13.2 Å². The Kier molecular flexibility index (Phi) is 3.96. The second kappa shape index (κ2) is 5.49. The van der Waals surface area contributed by atoms with E-state index in [1.54, 1.807) is 6.07 Å². The van der Waals surface area contributed by atoms with Crippen molar-refractivity contribution in [2.24, 2.45) is 0 Å².